The minimum atomic E-state index is -3.89. The normalized spacial score (nSPS) is 11.2. The van der Waals surface area contributed by atoms with E-state index in [-0.39, 0.29) is 11.8 Å². The Hall–Kier alpha value is -1.59. The van der Waals surface area contributed by atoms with E-state index in [2.05, 4.69) is 34.9 Å². The second-order valence-corrected chi connectivity index (χ2v) is 9.46. The van der Waals surface area contributed by atoms with E-state index in [1.165, 1.54) is 0 Å². The van der Waals surface area contributed by atoms with Crippen LogP contribution in [0.2, 0.25) is 0 Å². The van der Waals surface area contributed by atoms with E-state index in [0.29, 0.717) is 63.5 Å². The molecule has 0 aliphatic carbocycles. The standard InChI is InChI=1S/C14H26N4O4.C6H15O3P/c1-11(2)13(19)17-15-5-7-21-9-10-22-8-6-16-18-14(20)12(3)4;1-4-6(3,5-2)10(7,8)9/h15-16H,1,3,5-10H2,2,4H3,(H,17,19)(H,18,20);4-5H2,1-3H3,(H2,7,8,9). The van der Waals surface area contributed by atoms with Crippen molar-refractivity contribution in [2.24, 2.45) is 0 Å². The Morgan fingerprint density at radius 1 is 0.844 bits per heavy atom. The molecule has 0 fully saturated rings. The lowest BCUT2D eigenvalue weighted by Crippen LogP contribution is -2.40. The van der Waals surface area contributed by atoms with Crippen molar-refractivity contribution in [1.82, 2.24) is 21.7 Å². The van der Waals surface area contributed by atoms with E-state index in [9.17, 15) is 14.2 Å². The Balaban J connectivity index is 0. The molecule has 0 aromatic carbocycles. The summed E-state index contributed by atoms with van der Waals surface area (Å²) in [5, 5.41) is -0.812. The highest BCUT2D eigenvalue weighted by Crippen LogP contribution is 2.53. The van der Waals surface area contributed by atoms with E-state index < -0.39 is 12.8 Å². The lowest BCUT2D eigenvalue weighted by atomic mass is 10.1. The third-order valence-corrected chi connectivity index (χ3v) is 6.56. The summed E-state index contributed by atoms with van der Waals surface area (Å²) in [4.78, 5) is 39.9. The van der Waals surface area contributed by atoms with Gasteiger partial charge in [-0.3, -0.25) is 25.0 Å². The molecular formula is C20H41N4O7P. The van der Waals surface area contributed by atoms with Crippen LogP contribution in [-0.2, 0) is 23.6 Å². The van der Waals surface area contributed by atoms with Gasteiger partial charge in [0.1, 0.15) is 0 Å². The van der Waals surface area contributed by atoms with E-state index in [0.717, 1.165) is 0 Å². The number of hydrazine groups is 2. The molecule has 0 aliphatic rings. The molecule has 0 aromatic heterocycles. The number of ether oxygens (including phenoxy) is 2. The SMILES string of the molecule is C=C(C)C(=O)NNCCOCCOCCNNC(=O)C(=C)C.CCC(C)(CC)P(=O)(O)O. The lowest BCUT2D eigenvalue weighted by Gasteiger charge is -2.27. The number of rotatable bonds is 16. The first-order valence-corrected chi connectivity index (χ1v) is 12.0. The van der Waals surface area contributed by atoms with Gasteiger partial charge in [0.05, 0.1) is 31.6 Å². The molecule has 188 valence electrons. The van der Waals surface area contributed by atoms with Gasteiger partial charge in [0, 0.05) is 24.2 Å². The lowest BCUT2D eigenvalue weighted by molar-refractivity contribution is -0.119. The molecule has 0 atom stereocenters. The molecule has 0 saturated carbocycles. The van der Waals surface area contributed by atoms with Crippen LogP contribution in [0.5, 0.6) is 0 Å². The molecule has 32 heavy (non-hydrogen) atoms. The smallest absolute Gasteiger partial charge is 0.331 e. The second kappa shape index (κ2) is 17.9. The summed E-state index contributed by atoms with van der Waals surface area (Å²) in [5.74, 6) is -0.482. The molecule has 0 heterocycles. The number of hydrogen-bond acceptors (Lipinski definition) is 7. The first-order chi connectivity index (χ1) is 14.8. The largest absolute Gasteiger partial charge is 0.378 e. The van der Waals surface area contributed by atoms with Crippen LogP contribution < -0.4 is 21.7 Å². The quantitative estimate of drug-likeness (QED) is 0.0825. The molecule has 0 radical (unpaired) electrons. The maximum atomic E-state index is 11.1. The van der Waals surface area contributed by atoms with Crippen LogP contribution in [0.25, 0.3) is 0 Å². The first-order valence-electron chi connectivity index (χ1n) is 10.4. The van der Waals surface area contributed by atoms with Gasteiger partial charge in [0.25, 0.3) is 11.8 Å². The van der Waals surface area contributed by atoms with Crippen LogP contribution in [0, 0.1) is 0 Å². The summed E-state index contributed by atoms with van der Waals surface area (Å²) in [6, 6.07) is 0. The third-order valence-electron chi connectivity index (χ3n) is 4.52. The van der Waals surface area contributed by atoms with Crippen molar-refractivity contribution in [3.8, 4) is 0 Å². The molecule has 0 aromatic rings. The predicted octanol–water partition coefficient (Wildman–Crippen LogP) is 1.16. The summed E-state index contributed by atoms with van der Waals surface area (Å²) in [7, 11) is -3.89. The summed E-state index contributed by atoms with van der Waals surface area (Å²) in [6.07, 6.45) is 1.04. The third kappa shape index (κ3) is 16.1. The Morgan fingerprint density at radius 3 is 1.41 bits per heavy atom. The van der Waals surface area contributed by atoms with Crippen LogP contribution in [0.1, 0.15) is 47.5 Å². The van der Waals surface area contributed by atoms with Crippen LogP contribution in [0.4, 0.5) is 0 Å². The van der Waals surface area contributed by atoms with Crippen LogP contribution in [-0.4, -0.2) is 66.3 Å². The zero-order valence-corrected chi connectivity index (χ0v) is 20.8. The molecule has 0 rings (SSSR count). The zero-order valence-electron chi connectivity index (χ0n) is 20.0. The summed E-state index contributed by atoms with van der Waals surface area (Å²) in [5.41, 5.74) is 11.3. The number of carbonyl (C=O) groups excluding carboxylic acids is 2. The predicted molar refractivity (Wildman–Crippen MR) is 125 cm³/mol. The van der Waals surface area contributed by atoms with E-state index >= 15 is 0 Å². The highest BCUT2D eigenvalue weighted by Gasteiger charge is 2.38. The van der Waals surface area contributed by atoms with Crippen LogP contribution in [0.3, 0.4) is 0 Å². The summed E-state index contributed by atoms with van der Waals surface area (Å²) < 4.78 is 21.4. The number of amides is 2. The average Bonchev–Trinajstić information content (AvgIpc) is 2.72. The van der Waals surface area contributed by atoms with Gasteiger partial charge in [0.2, 0.25) is 0 Å². The van der Waals surface area contributed by atoms with E-state index in [4.69, 9.17) is 19.3 Å². The topological polar surface area (TPSA) is 158 Å². The molecule has 11 nitrogen and oxygen atoms in total. The zero-order chi connectivity index (χ0) is 25.2. The molecule has 6 N–H and O–H groups in total. The monoisotopic (exact) mass is 480 g/mol. The van der Waals surface area contributed by atoms with Gasteiger partial charge < -0.3 is 19.3 Å². The molecule has 12 heteroatoms. The van der Waals surface area contributed by atoms with Gasteiger partial charge in [-0.15, -0.1) is 0 Å². The van der Waals surface area contributed by atoms with Crippen molar-refractivity contribution in [1.29, 1.82) is 0 Å². The maximum absolute atomic E-state index is 11.1. The Bertz CT molecular complexity index is 597. The van der Waals surface area contributed by atoms with Crippen molar-refractivity contribution >= 4 is 19.4 Å². The van der Waals surface area contributed by atoms with Gasteiger partial charge in [0.15, 0.2) is 0 Å². The van der Waals surface area contributed by atoms with Gasteiger partial charge in [-0.05, 0) is 33.6 Å². The molecule has 2 amide bonds. The van der Waals surface area contributed by atoms with Crippen molar-refractivity contribution in [2.75, 3.05) is 39.5 Å². The van der Waals surface area contributed by atoms with E-state index in [1.54, 1.807) is 34.6 Å². The van der Waals surface area contributed by atoms with Crippen molar-refractivity contribution in [3.05, 3.63) is 24.3 Å². The minimum absolute atomic E-state index is 0.241. The maximum Gasteiger partial charge on any atom is 0.331 e. The molecule has 0 unspecified atom stereocenters. The second-order valence-electron chi connectivity index (χ2n) is 7.30. The summed E-state index contributed by atoms with van der Waals surface area (Å²) >= 11 is 0. The Kier molecular flexibility index (Phi) is 18.2. The van der Waals surface area contributed by atoms with Gasteiger partial charge >= 0.3 is 7.60 Å². The first kappa shape index (κ1) is 32.6. The molecule has 0 bridgehead atoms. The van der Waals surface area contributed by atoms with Crippen molar-refractivity contribution < 1.29 is 33.4 Å². The number of hydrogen-bond donors (Lipinski definition) is 6. The average molecular weight is 481 g/mol. The van der Waals surface area contributed by atoms with E-state index in [1.807, 2.05) is 0 Å². The highest BCUT2D eigenvalue weighted by atomic mass is 31.2. The molecule has 0 aliphatic heterocycles. The molecular weight excluding hydrogens is 439 g/mol. The summed E-state index contributed by atoms with van der Waals surface area (Å²) in [6.45, 7) is 18.3. The number of nitrogens with one attached hydrogen (secondary N) is 4. The van der Waals surface area contributed by atoms with Gasteiger partial charge in [-0.2, -0.15) is 0 Å². The fraction of sp³-hybridized carbons (Fsp3) is 0.700. The Morgan fingerprint density at radius 2 is 1.19 bits per heavy atom. The molecule has 0 spiro atoms. The minimum Gasteiger partial charge on any atom is -0.378 e. The van der Waals surface area contributed by atoms with Crippen LogP contribution >= 0.6 is 7.60 Å². The Labute approximate surface area is 191 Å². The van der Waals surface area contributed by atoms with Gasteiger partial charge in [-0.25, -0.2) is 10.9 Å². The fourth-order valence-electron chi connectivity index (χ4n) is 1.73. The van der Waals surface area contributed by atoms with Gasteiger partial charge in [-0.1, -0.05) is 27.0 Å². The van der Waals surface area contributed by atoms with Crippen LogP contribution in [0.15, 0.2) is 24.3 Å². The van der Waals surface area contributed by atoms with Crippen molar-refractivity contribution in [2.45, 2.75) is 52.6 Å². The van der Waals surface area contributed by atoms with Crippen molar-refractivity contribution in [3.63, 3.8) is 0 Å². The fourth-order valence-corrected chi connectivity index (χ4v) is 2.55. The number of carbonyl (C=O) groups is 2. The highest BCUT2D eigenvalue weighted by molar-refractivity contribution is 7.53. The molecule has 0 saturated heterocycles.